The van der Waals surface area contributed by atoms with E-state index in [1.54, 1.807) is 0 Å². The van der Waals surface area contributed by atoms with Gasteiger partial charge < -0.3 is 16.2 Å². The first kappa shape index (κ1) is 13.2. The lowest BCUT2D eigenvalue weighted by Crippen LogP contribution is -2.44. The number of hydrogen-bond donors (Lipinski definition) is 3. The molecule has 1 amide bonds. The molecule has 0 radical (unpaired) electrons. The van der Waals surface area contributed by atoms with Gasteiger partial charge in [-0.15, -0.1) is 0 Å². The first-order chi connectivity index (χ1) is 6.43. The average molecular weight is 210 g/mol. The van der Waals surface area contributed by atoms with E-state index in [0.29, 0.717) is 13.0 Å². The van der Waals surface area contributed by atoms with E-state index in [1.807, 2.05) is 0 Å². The van der Waals surface area contributed by atoms with Crippen molar-refractivity contribution in [2.24, 2.45) is 5.73 Å². The summed E-state index contributed by atoms with van der Waals surface area (Å²) in [5.74, 6) is -0.333. The van der Waals surface area contributed by atoms with Gasteiger partial charge >= 0.3 is 0 Å². The molecule has 1 aliphatic rings. The van der Waals surface area contributed by atoms with Crippen LogP contribution in [0.4, 0.5) is 8.78 Å². The van der Waals surface area contributed by atoms with Crippen molar-refractivity contribution in [3.05, 3.63) is 0 Å². The van der Waals surface area contributed by atoms with Gasteiger partial charge in [0.25, 0.3) is 6.43 Å². The molecule has 1 aliphatic heterocycles. The smallest absolute Gasteiger partial charge is 0.253 e. The number of aliphatic hydroxyl groups excluding tert-OH is 1. The van der Waals surface area contributed by atoms with Crippen LogP contribution in [0.15, 0.2) is 0 Å². The molecule has 6 heteroatoms. The zero-order valence-corrected chi connectivity index (χ0v) is 8.04. The van der Waals surface area contributed by atoms with Crippen LogP contribution in [0.2, 0.25) is 0 Å². The third kappa shape index (κ3) is 6.73. The molecule has 1 heterocycles. The lowest BCUT2D eigenvalue weighted by Gasteiger charge is -2.26. The quantitative estimate of drug-likeness (QED) is 0.563. The SMILES string of the molecule is CC(N)=O.OC1CCNC(C(F)F)C1. The van der Waals surface area contributed by atoms with Crippen molar-refractivity contribution in [3.8, 4) is 0 Å². The normalized spacial score (nSPS) is 26.6. The topological polar surface area (TPSA) is 75.4 Å². The van der Waals surface area contributed by atoms with E-state index in [1.165, 1.54) is 6.92 Å². The Morgan fingerprint density at radius 2 is 2.14 bits per heavy atom. The number of halogens is 2. The van der Waals surface area contributed by atoms with Crippen LogP contribution in [0.1, 0.15) is 19.8 Å². The summed E-state index contributed by atoms with van der Waals surface area (Å²) >= 11 is 0. The molecule has 0 saturated carbocycles. The molecular weight excluding hydrogens is 194 g/mol. The molecule has 0 aromatic rings. The van der Waals surface area contributed by atoms with Crippen molar-refractivity contribution in [1.82, 2.24) is 5.32 Å². The average Bonchev–Trinajstić information content (AvgIpc) is 2.03. The first-order valence-electron chi connectivity index (χ1n) is 4.39. The number of carbonyl (C=O) groups excluding carboxylic acids is 1. The van der Waals surface area contributed by atoms with Crippen LogP contribution < -0.4 is 11.1 Å². The Morgan fingerprint density at radius 3 is 2.43 bits per heavy atom. The second-order valence-electron chi connectivity index (χ2n) is 3.18. The minimum Gasteiger partial charge on any atom is -0.393 e. The standard InChI is InChI=1S/C6H11F2NO.C2H5NO/c7-6(8)5-3-4(10)1-2-9-5;1-2(3)4/h4-6,9-10H,1-3H2;1H3,(H2,3,4). The summed E-state index contributed by atoms with van der Waals surface area (Å²) in [6.07, 6.45) is -2.13. The second kappa shape index (κ2) is 6.67. The van der Waals surface area contributed by atoms with Crippen LogP contribution in [0.25, 0.3) is 0 Å². The second-order valence-corrected chi connectivity index (χ2v) is 3.18. The maximum atomic E-state index is 11.9. The van der Waals surface area contributed by atoms with Gasteiger partial charge in [0, 0.05) is 6.92 Å². The van der Waals surface area contributed by atoms with Gasteiger partial charge in [0.1, 0.15) is 0 Å². The van der Waals surface area contributed by atoms with E-state index < -0.39 is 18.6 Å². The van der Waals surface area contributed by atoms with Crippen LogP contribution in [-0.2, 0) is 4.79 Å². The maximum absolute atomic E-state index is 11.9. The zero-order valence-electron chi connectivity index (χ0n) is 8.04. The van der Waals surface area contributed by atoms with Crippen molar-refractivity contribution in [2.45, 2.75) is 38.3 Å². The predicted molar refractivity (Wildman–Crippen MR) is 47.9 cm³/mol. The first-order valence-corrected chi connectivity index (χ1v) is 4.39. The number of amides is 1. The van der Waals surface area contributed by atoms with Gasteiger partial charge in [-0.25, -0.2) is 8.78 Å². The van der Waals surface area contributed by atoms with Crippen molar-refractivity contribution in [2.75, 3.05) is 6.54 Å². The summed E-state index contributed by atoms with van der Waals surface area (Å²) < 4.78 is 23.8. The highest BCUT2D eigenvalue weighted by molar-refractivity contribution is 5.70. The molecule has 0 aromatic carbocycles. The number of primary amides is 1. The Balaban J connectivity index is 0.000000364. The van der Waals surface area contributed by atoms with Gasteiger partial charge in [0.05, 0.1) is 12.1 Å². The Kier molecular flexibility index (Phi) is 6.31. The van der Waals surface area contributed by atoms with E-state index >= 15 is 0 Å². The summed E-state index contributed by atoms with van der Waals surface area (Å²) in [7, 11) is 0. The lowest BCUT2D eigenvalue weighted by molar-refractivity contribution is -0.115. The van der Waals surface area contributed by atoms with Crippen LogP contribution in [-0.4, -0.2) is 36.1 Å². The summed E-state index contributed by atoms with van der Waals surface area (Å²) in [5.41, 5.74) is 4.47. The Labute approximate surface area is 81.5 Å². The summed E-state index contributed by atoms with van der Waals surface area (Å²) in [5, 5.41) is 11.6. The molecule has 4 N–H and O–H groups in total. The fourth-order valence-electron chi connectivity index (χ4n) is 1.12. The van der Waals surface area contributed by atoms with Gasteiger partial charge in [-0.3, -0.25) is 4.79 Å². The molecule has 0 aromatic heterocycles. The molecule has 14 heavy (non-hydrogen) atoms. The van der Waals surface area contributed by atoms with Crippen molar-refractivity contribution in [3.63, 3.8) is 0 Å². The number of carbonyl (C=O) groups is 1. The van der Waals surface area contributed by atoms with Gasteiger partial charge in [-0.05, 0) is 19.4 Å². The highest BCUT2D eigenvalue weighted by atomic mass is 19.3. The number of piperidine rings is 1. The Morgan fingerprint density at radius 1 is 1.64 bits per heavy atom. The molecule has 84 valence electrons. The fraction of sp³-hybridized carbons (Fsp3) is 0.875. The van der Waals surface area contributed by atoms with Gasteiger partial charge in [0.15, 0.2) is 0 Å². The summed E-state index contributed by atoms with van der Waals surface area (Å²) in [6.45, 7) is 1.80. The molecule has 0 bridgehead atoms. The molecule has 2 atom stereocenters. The summed E-state index contributed by atoms with van der Waals surface area (Å²) in [4.78, 5) is 9.22. The van der Waals surface area contributed by atoms with Crippen LogP contribution >= 0.6 is 0 Å². The predicted octanol–water partition coefficient (Wildman–Crippen LogP) is -0.144. The van der Waals surface area contributed by atoms with Gasteiger partial charge in [-0.1, -0.05) is 0 Å². The molecule has 2 unspecified atom stereocenters. The Bertz CT molecular complexity index is 175. The Hall–Kier alpha value is -0.750. The minimum atomic E-state index is -2.35. The number of alkyl halides is 2. The van der Waals surface area contributed by atoms with E-state index in [9.17, 15) is 13.6 Å². The molecule has 0 spiro atoms. The van der Waals surface area contributed by atoms with E-state index in [4.69, 9.17) is 5.11 Å². The molecule has 4 nitrogen and oxygen atoms in total. The maximum Gasteiger partial charge on any atom is 0.253 e. The molecular formula is C8H16F2N2O2. The zero-order chi connectivity index (χ0) is 11.1. The molecule has 1 saturated heterocycles. The molecule has 1 fully saturated rings. The largest absolute Gasteiger partial charge is 0.393 e. The third-order valence-corrected chi connectivity index (χ3v) is 1.71. The number of rotatable bonds is 1. The number of nitrogens with two attached hydrogens (primary N) is 1. The third-order valence-electron chi connectivity index (χ3n) is 1.71. The monoisotopic (exact) mass is 210 g/mol. The van der Waals surface area contributed by atoms with E-state index in [-0.39, 0.29) is 12.3 Å². The highest BCUT2D eigenvalue weighted by Gasteiger charge is 2.26. The molecule has 1 rings (SSSR count). The van der Waals surface area contributed by atoms with Crippen molar-refractivity contribution < 1.29 is 18.7 Å². The number of nitrogens with one attached hydrogen (secondary N) is 1. The summed E-state index contributed by atoms with van der Waals surface area (Å²) in [6, 6.07) is -0.802. The highest BCUT2D eigenvalue weighted by Crippen LogP contribution is 2.13. The number of aliphatic hydroxyl groups is 1. The van der Waals surface area contributed by atoms with Crippen molar-refractivity contribution in [1.29, 1.82) is 0 Å². The van der Waals surface area contributed by atoms with Crippen molar-refractivity contribution >= 4 is 5.91 Å². The van der Waals surface area contributed by atoms with Crippen LogP contribution in [0.5, 0.6) is 0 Å². The van der Waals surface area contributed by atoms with Crippen LogP contribution in [0, 0.1) is 0 Å². The fourth-order valence-corrected chi connectivity index (χ4v) is 1.12. The minimum absolute atomic E-state index is 0.178. The van der Waals surface area contributed by atoms with Crippen LogP contribution in [0.3, 0.4) is 0 Å². The van der Waals surface area contributed by atoms with Gasteiger partial charge in [0.2, 0.25) is 5.91 Å². The lowest BCUT2D eigenvalue weighted by atomic mass is 10.0. The molecule has 0 aliphatic carbocycles. The van der Waals surface area contributed by atoms with E-state index in [2.05, 4.69) is 11.1 Å². The van der Waals surface area contributed by atoms with E-state index in [0.717, 1.165) is 0 Å². The number of hydrogen-bond acceptors (Lipinski definition) is 3. The van der Waals surface area contributed by atoms with Gasteiger partial charge in [-0.2, -0.15) is 0 Å².